The molecule has 0 amide bonds. The molecule has 2 heterocycles. The van der Waals surface area contributed by atoms with Crippen molar-refractivity contribution in [2.45, 2.75) is 37.9 Å². The molecule has 0 spiro atoms. The zero-order valence-corrected chi connectivity index (χ0v) is 12.7. The number of rotatable bonds is 6. The number of aliphatic carboxylic acids is 1. The number of hydrogen-bond donors (Lipinski definition) is 1. The lowest BCUT2D eigenvalue weighted by molar-refractivity contribution is -0.137. The number of benzene rings is 1. The summed E-state index contributed by atoms with van der Waals surface area (Å²) in [5, 5.41) is 9.10. The van der Waals surface area contributed by atoms with Gasteiger partial charge in [-0.2, -0.15) is 0 Å². The van der Waals surface area contributed by atoms with Crippen LogP contribution in [0.4, 0.5) is 0 Å². The van der Waals surface area contributed by atoms with Gasteiger partial charge >= 0.3 is 5.97 Å². The van der Waals surface area contributed by atoms with Crippen molar-refractivity contribution in [2.75, 3.05) is 6.61 Å². The highest BCUT2D eigenvalue weighted by Crippen LogP contribution is 2.29. The molecule has 2 atom stereocenters. The van der Waals surface area contributed by atoms with Gasteiger partial charge in [0.15, 0.2) is 6.29 Å². The fourth-order valence-corrected chi connectivity index (χ4v) is 2.66. The summed E-state index contributed by atoms with van der Waals surface area (Å²) >= 11 is 0. The van der Waals surface area contributed by atoms with Crippen LogP contribution in [-0.4, -0.2) is 29.0 Å². The first kappa shape index (κ1) is 15.6. The van der Waals surface area contributed by atoms with Gasteiger partial charge in [-0.3, -0.25) is 4.79 Å². The van der Waals surface area contributed by atoms with Crippen LogP contribution in [0, 0.1) is 0 Å². The van der Waals surface area contributed by atoms with Gasteiger partial charge in [0.2, 0.25) is 5.89 Å². The van der Waals surface area contributed by atoms with Crippen LogP contribution >= 0.6 is 0 Å². The van der Waals surface area contributed by atoms with E-state index in [1.165, 1.54) is 12.5 Å². The van der Waals surface area contributed by atoms with Gasteiger partial charge in [-0.25, -0.2) is 4.98 Å². The first-order valence-corrected chi connectivity index (χ1v) is 7.72. The lowest BCUT2D eigenvalue weighted by Gasteiger charge is -2.23. The van der Waals surface area contributed by atoms with Crippen molar-refractivity contribution in [2.24, 2.45) is 0 Å². The highest BCUT2D eigenvalue weighted by molar-refractivity contribution is 5.68. The standard InChI is InChI=1S/C17H19NO5/c19-15(20)11-14(17-18-8-10-22-17)12-4-6-13(7-5-12)23-16-3-1-2-9-21-16/h4-8,10,14,16H,1-3,9,11H2,(H,19,20). The molecule has 6 nitrogen and oxygen atoms in total. The summed E-state index contributed by atoms with van der Waals surface area (Å²) in [5.74, 6) is -0.203. The second-order valence-electron chi connectivity index (χ2n) is 5.50. The minimum atomic E-state index is -0.899. The molecule has 1 N–H and O–H groups in total. The minimum Gasteiger partial charge on any atom is -0.481 e. The van der Waals surface area contributed by atoms with Crippen molar-refractivity contribution in [1.29, 1.82) is 0 Å². The Balaban J connectivity index is 1.72. The number of nitrogens with zero attached hydrogens (tertiary/aromatic N) is 1. The normalized spacial score (nSPS) is 19.2. The number of aromatic nitrogens is 1. The Morgan fingerprint density at radius 2 is 2.17 bits per heavy atom. The second kappa shape index (κ2) is 7.28. The average Bonchev–Trinajstić information content (AvgIpc) is 3.08. The Kier molecular flexibility index (Phi) is 4.92. The summed E-state index contributed by atoms with van der Waals surface area (Å²) in [7, 11) is 0. The Hall–Kier alpha value is -2.34. The molecule has 0 radical (unpaired) electrons. The summed E-state index contributed by atoms with van der Waals surface area (Å²) in [6.45, 7) is 0.730. The Labute approximate surface area is 134 Å². The minimum absolute atomic E-state index is 0.0769. The van der Waals surface area contributed by atoms with E-state index >= 15 is 0 Å². The molecule has 6 heteroatoms. The Bertz CT molecular complexity index is 617. The van der Waals surface area contributed by atoms with E-state index in [1.807, 2.05) is 24.3 Å². The van der Waals surface area contributed by atoms with Crippen molar-refractivity contribution in [3.05, 3.63) is 48.2 Å². The van der Waals surface area contributed by atoms with Crippen molar-refractivity contribution in [3.63, 3.8) is 0 Å². The molecule has 2 unspecified atom stereocenters. The van der Waals surface area contributed by atoms with Crippen LogP contribution in [-0.2, 0) is 9.53 Å². The van der Waals surface area contributed by atoms with Gasteiger partial charge in [-0.15, -0.1) is 0 Å². The lowest BCUT2D eigenvalue weighted by atomic mass is 9.95. The molecule has 0 saturated carbocycles. The SMILES string of the molecule is O=C(O)CC(c1ccc(OC2CCCCO2)cc1)c1ncco1. The number of carboxylic acids is 1. The van der Waals surface area contributed by atoms with E-state index in [0.717, 1.165) is 31.4 Å². The molecule has 1 aliphatic heterocycles. The van der Waals surface area contributed by atoms with E-state index in [4.69, 9.17) is 19.0 Å². The number of carboxylic acid groups (broad SMARTS) is 1. The fourth-order valence-electron chi connectivity index (χ4n) is 2.66. The zero-order valence-electron chi connectivity index (χ0n) is 12.7. The van der Waals surface area contributed by atoms with Crippen molar-refractivity contribution >= 4 is 5.97 Å². The number of hydrogen-bond acceptors (Lipinski definition) is 5. The van der Waals surface area contributed by atoms with Gasteiger partial charge in [0.1, 0.15) is 12.0 Å². The topological polar surface area (TPSA) is 81.8 Å². The average molecular weight is 317 g/mol. The highest BCUT2D eigenvalue weighted by Gasteiger charge is 2.22. The lowest BCUT2D eigenvalue weighted by Crippen LogP contribution is -2.24. The summed E-state index contributed by atoms with van der Waals surface area (Å²) in [4.78, 5) is 15.2. The molecule has 23 heavy (non-hydrogen) atoms. The van der Waals surface area contributed by atoms with E-state index in [2.05, 4.69) is 4.98 Å². The second-order valence-corrected chi connectivity index (χ2v) is 5.50. The molecule has 1 aromatic carbocycles. The van der Waals surface area contributed by atoms with Crippen LogP contribution in [0.25, 0.3) is 0 Å². The molecular formula is C17H19NO5. The molecule has 1 aromatic heterocycles. The van der Waals surface area contributed by atoms with Crippen LogP contribution in [0.15, 0.2) is 41.1 Å². The van der Waals surface area contributed by atoms with Gasteiger partial charge in [0.25, 0.3) is 0 Å². The predicted octanol–water partition coefficient (Wildman–Crippen LogP) is 3.19. The molecule has 2 aromatic rings. The van der Waals surface area contributed by atoms with Gasteiger partial charge in [-0.05, 0) is 30.5 Å². The quantitative estimate of drug-likeness (QED) is 0.881. The first-order chi connectivity index (χ1) is 11.2. The third-order valence-corrected chi connectivity index (χ3v) is 3.82. The van der Waals surface area contributed by atoms with Crippen molar-refractivity contribution in [3.8, 4) is 5.75 Å². The highest BCUT2D eigenvalue weighted by atomic mass is 16.7. The van der Waals surface area contributed by atoms with Gasteiger partial charge in [0.05, 0.1) is 25.1 Å². The van der Waals surface area contributed by atoms with Gasteiger partial charge in [-0.1, -0.05) is 12.1 Å². The van der Waals surface area contributed by atoms with Crippen LogP contribution < -0.4 is 4.74 Å². The van der Waals surface area contributed by atoms with E-state index in [9.17, 15) is 4.79 Å². The molecular weight excluding hydrogens is 298 g/mol. The molecule has 1 aliphatic rings. The third-order valence-electron chi connectivity index (χ3n) is 3.82. The maximum Gasteiger partial charge on any atom is 0.304 e. The van der Waals surface area contributed by atoms with Crippen LogP contribution in [0.3, 0.4) is 0 Å². The molecule has 0 aliphatic carbocycles. The summed E-state index contributed by atoms with van der Waals surface area (Å²) in [5.41, 5.74) is 0.826. The molecule has 0 bridgehead atoms. The van der Waals surface area contributed by atoms with Crippen molar-refractivity contribution in [1.82, 2.24) is 4.98 Å². The van der Waals surface area contributed by atoms with Gasteiger partial charge in [0, 0.05) is 6.42 Å². The number of ether oxygens (including phenoxy) is 2. The smallest absolute Gasteiger partial charge is 0.304 e. The summed E-state index contributed by atoms with van der Waals surface area (Å²) < 4.78 is 16.6. The predicted molar refractivity (Wildman–Crippen MR) is 81.3 cm³/mol. The Morgan fingerprint density at radius 3 is 2.78 bits per heavy atom. The van der Waals surface area contributed by atoms with Crippen molar-refractivity contribution < 1.29 is 23.8 Å². The van der Waals surface area contributed by atoms with Gasteiger partial charge < -0.3 is 19.0 Å². The molecule has 1 fully saturated rings. The molecule has 122 valence electrons. The number of carbonyl (C=O) groups is 1. The molecule has 1 saturated heterocycles. The van der Waals surface area contributed by atoms with E-state index in [-0.39, 0.29) is 12.7 Å². The van der Waals surface area contributed by atoms with E-state index < -0.39 is 11.9 Å². The first-order valence-electron chi connectivity index (χ1n) is 7.72. The van der Waals surface area contributed by atoms with E-state index in [1.54, 1.807) is 0 Å². The fraction of sp³-hybridized carbons (Fsp3) is 0.412. The third kappa shape index (κ3) is 4.10. The van der Waals surface area contributed by atoms with Crippen LogP contribution in [0.2, 0.25) is 0 Å². The monoisotopic (exact) mass is 317 g/mol. The maximum absolute atomic E-state index is 11.1. The van der Waals surface area contributed by atoms with Crippen LogP contribution in [0.1, 0.15) is 43.1 Å². The number of oxazole rings is 1. The zero-order chi connectivity index (χ0) is 16.1. The largest absolute Gasteiger partial charge is 0.481 e. The summed E-state index contributed by atoms with van der Waals surface area (Å²) in [6, 6.07) is 7.34. The molecule has 3 rings (SSSR count). The Morgan fingerprint density at radius 1 is 1.35 bits per heavy atom. The summed E-state index contributed by atoms with van der Waals surface area (Å²) in [6.07, 6.45) is 5.76. The van der Waals surface area contributed by atoms with Crippen LogP contribution in [0.5, 0.6) is 5.75 Å². The maximum atomic E-state index is 11.1. The van der Waals surface area contributed by atoms with E-state index in [0.29, 0.717) is 11.6 Å².